The van der Waals surface area contributed by atoms with Gasteiger partial charge in [-0.1, -0.05) is 23.2 Å². The van der Waals surface area contributed by atoms with Crippen LogP contribution in [0.4, 0.5) is 10.5 Å². The van der Waals surface area contributed by atoms with Gasteiger partial charge < -0.3 is 15.3 Å². The summed E-state index contributed by atoms with van der Waals surface area (Å²) in [7, 11) is 1.65. The van der Waals surface area contributed by atoms with E-state index in [0.29, 0.717) is 28.2 Å². The first kappa shape index (κ1) is 14.4. The molecule has 1 aliphatic rings. The molecular weight excluding hydrogens is 287 g/mol. The summed E-state index contributed by atoms with van der Waals surface area (Å²) >= 11 is 11.7. The number of carbonyl (C=O) groups excluding carboxylic acids is 1. The van der Waals surface area contributed by atoms with E-state index < -0.39 is 6.10 Å². The highest BCUT2D eigenvalue weighted by Crippen LogP contribution is 2.32. The molecule has 1 aliphatic carbocycles. The zero-order valence-corrected chi connectivity index (χ0v) is 12.1. The number of rotatable bonds is 4. The Labute approximate surface area is 122 Å². The molecule has 19 heavy (non-hydrogen) atoms. The van der Waals surface area contributed by atoms with Crippen LogP contribution >= 0.6 is 23.2 Å². The second-order valence-corrected chi connectivity index (χ2v) is 5.66. The van der Waals surface area contributed by atoms with E-state index in [9.17, 15) is 9.90 Å². The number of nitrogens with zero attached hydrogens (tertiary/aromatic N) is 1. The van der Waals surface area contributed by atoms with Crippen LogP contribution < -0.4 is 5.32 Å². The Morgan fingerprint density at radius 3 is 2.74 bits per heavy atom. The van der Waals surface area contributed by atoms with Gasteiger partial charge in [0.15, 0.2) is 0 Å². The van der Waals surface area contributed by atoms with Gasteiger partial charge in [-0.3, -0.25) is 0 Å². The van der Waals surface area contributed by atoms with Crippen LogP contribution in [0.1, 0.15) is 12.8 Å². The average molecular weight is 303 g/mol. The quantitative estimate of drug-likeness (QED) is 0.897. The summed E-state index contributed by atoms with van der Waals surface area (Å²) in [5.41, 5.74) is 0.576. The Bertz CT molecular complexity index is 478. The predicted molar refractivity (Wildman–Crippen MR) is 76.8 cm³/mol. The summed E-state index contributed by atoms with van der Waals surface area (Å²) in [4.78, 5) is 13.4. The second-order valence-electron chi connectivity index (χ2n) is 4.84. The minimum atomic E-state index is -0.440. The van der Waals surface area contributed by atoms with Crippen molar-refractivity contribution in [3.8, 4) is 0 Å². The Balaban J connectivity index is 1.90. The summed E-state index contributed by atoms with van der Waals surface area (Å²) in [5.74, 6) is 0.347. The van der Waals surface area contributed by atoms with Crippen molar-refractivity contribution in [2.75, 3.05) is 18.9 Å². The smallest absolute Gasteiger partial charge is 0.321 e. The molecule has 6 heteroatoms. The Morgan fingerprint density at radius 1 is 1.47 bits per heavy atom. The summed E-state index contributed by atoms with van der Waals surface area (Å²) in [6, 6.07) is 4.61. The molecule has 1 aromatic rings. The summed E-state index contributed by atoms with van der Waals surface area (Å²) < 4.78 is 0. The third-order valence-electron chi connectivity index (χ3n) is 3.14. The molecule has 0 bridgehead atoms. The fourth-order valence-electron chi connectivity index (χ4n) is 1.79. The first-order valence-electron chi connectivity index (χ1n) is 6.12. The van der Waals surface area contributed by atoms with E-state index in [0.717, 1.165) is 12.8 Å². The molecule has 4 nitrogen and oxygen atoms in total. The lowest BCUT2D eigenvalue weighted by molar-refractivity contribution is 0.117. The topological polar surface area (TPSA) is 52.6 Å². The lowest BCUT2D eigenvalue weighted by Crippen LogP contribution is -2.37. The van der Waals surface area contributed by atoms with Crippen molar-refractivity contribution in [2.24, 2.45) is 5.92 Å². The van der Waals surface area contributed by atoms with Crippen LogP contribution in [0.5, 0.6) is 0 Å². The molecular formula is C13H16Cl2N2O2. The van der Waals surface area contributed by atoms with Crippen LogP contribution in [0, 0.1) is 5.92 Å². The molecule has 0 spiro atoms. The number of hydrogen-bond acceptors (Lipinski definition) is 2. The lowest BCUT2D eigenvalue weighted by Gasteiger charge is -2.21. The number of urea groups is 1. The minimum Gasteiger partial charge on any atom is -0.391 e. The molecule has 1 aromatic carbocycles. The van der Waals surface area contributed by atoms with Gasteiger partial charge in [-0.15, -0.1) is 0 Å². The van der Waals surface area contributed by atoms with Gasteiger partial charge in [-0.25, -0.2) is 4.79 Å². The van der Waals surface area contributed by atoms with E-state index in [2.05, 4.69) is 5.32 Å². The number of aliphatic hydroxyl groups excluding tert-OH is 1. The van der Waals surface area contributed by atoms with E-state index in [1.807, 2.05) is 0 Å². The van der Waals surface area contributed by atoms with E-state index in [-0.39, 0.29) is 6.03 Å². The van der Waals surface area contributed by atoms with Crippen molar-refractivity contribution in [1.29, 1.82) is 0 Å². The SMILES string of the molecule is CN(CC(O)C1CC1)C(=O)Nc1ccc(Cl)c(Cl)c1. The lowest BCUT2D eigenvalue weighted by atomic mass is 10.2. The summed E-state index contributed by atoms with van der Waals surface area (Å²) in [6.07, 6.45) is 1.65. The van der Waals surface area contributed by atoms with Crippen molar-refractivity contribution in [3.05, 3.63) is 28.2 Å². The molecule has 0 heterocycles. The number of carbonyl (C=O) groups is 1. The van der Waals surface area contributed by atoms with E-state index in [1.165, 1.54) is 4.90 Å². The maximum absolute atomic E-state index is 11.9. The van der Waals surface area contributed by atoms with Crippen molar-refractivity contribution in [2.45, 2.75) is 18.9 Å². The van der Waals surface area contributed by atoms with Gasteiger partial charge in [0.25, 0.3) is 0 Å². The molecule has 0 aliphatic heterocycles. The molecule has 2 rings (SSSR count). The Morgan fingerprint density at radius 2 is 2.16 bits per heavy atom. The molecule has 2 amide bonds. The second kappa shape index (κ2) is 5.99. The standard InChI is InChI=1S/C13H16Cl2N2O2/c1-17(7-12(18)8-2-3-8)13(19)16-9-4-5-10(14)11(15)6-9/h4-6,8,12,18H,2-3,7H2,1H3,(H,16,19). The molecule has 104 valence electrons. The molecule has 2 N–H and O–H groups in total. The summed E-state index contributed by atoms with van der Waals surface area (Å²) in [5, 5.41) is 13.3. The molecule has 1 atom stereocenters. The van der Waals surface area contributed by atoms with Crippen LogP contribution in [0.2, 0.25) is 10.0 Å². The predicted octanol–water partition coefficient (Wildman–Crippen LogP) is 3.23. The number of nitrogens with one attached hydrogen (secondary N) is 1. The number of likely N-dealkylation sites (N-methyl/N-ethyl adjacent to an activating group) is 1. The van der Waals surface area contributed by atoms with Crippen LogP contribution in [-0.4, -0.2) is 35.7 Å². The first-order chi connectivity index (χ1) is 8.97. The number of halogens is 2. The van der Waals surface area contributed by atoms with Gasteiger partial charge >= 0.3 is 6.03 Å². The monoisotopic (exact) mass is 302 g/mol. The van der Waals surface area contributed by atoms with Crippen molar-refractivity contribution in [1.82, 2.24) is 4.90 Å². The van der Waals surface area contributed by atoms with Gasteiger partial charge in [0, 0.05) is 19.3 Å². The van der Waals surface area contributed by atoms with Crippen LogP contribution in [0.15, 0.2) is 18.2 Å². The zero-order valence-electron chi connectivity index (χ0n) is 10.6. The molecule has 0 saturated heterocycles. The summed E-state index contributed by atoms with van der Waals surface area (Å²) in [6.45, 7) is 0.331. The molecule has 1 saturated carbocycles. The van der Waals surface area contributed by atoms with Gasteiger partial charge in [0.2, 0.25) is 0 Å². The Hall–Kier alpha value is -0.970. The molecule has 0 radical (unpaired) electrons. The number of hydrogen-bond donors (Lipinski definition) is 2. The van der Waals surface area contributed by atoms with Gasteiger partial charge in [0.05, 0.1) is 16.1 Å². The fourth-order valence-corrected chi connectivity index (χ4v) is 2.08. The third kappa shape index (κ3) is 4.00. The molecule has 1 fully saturated rings. The molecule has 1 unspecified atom stereocenters. The minimum absolute atomic E-state index is 0.280. The van der Waals surface area contributed by atoms with E-state index in [1.54, 1.807) is 25.2 Å². The Kier molecular flexibility index (Phi) is 4.55. The maximum atomic E-state index is 11.9. The van der Waals surface area contributed by atoms with Gasteiger partial charge in [0.1, 0.15) is 0 Å². The van der Waals surface area contributed by atoms with Crippen LogP contribution in [-0.2, 0) is 0 Å². The number of aliphatic hydroxyl groups is 1. The normalized spacial score (nSPS) is 16.0. The first-order valence-corrected chi connectivity index (χ1v) is 6.88. The van der Waals surface area contributed by atoms with Crippen LogP contribution in [0.25, 0.3) is 0 Å². The van der Waals surface area contributed by atoms with Crippen LogP contribution in [0.3, 0.4) is 0 Å². The maximum Gasteiger partial charge on any atom is 0.321 e. The fraction of sp³-hybridized carbons (Fsp3) is 0.462. The highest BCUT2D eigenvalue weighted by molar-refractivity contribution is 6.42. The number of benzene rings is 1. The van der Waals surface area contributed by atoms with E-state index in [4.69, 9.17) is 23.2 Å². The zero-order chi connectivity index (χ0) is 14.0. The van der Waals surface area contributed by atoms with Crippen molar-refractivity contribution >= 4 is 34.9 Å². The third-order valence-corrected chi connectivity index (χ3v) is 3.88. The number of amides is 2. The van der Waals surface area contributed by atoms with Gasteiger partial charge in [-0.05, 0) is 37.0 Å². The van der Waals surface area contributed by atoms with Crippen molar-refractivity contribution < 1.29 is 9.90 Å². The van der Waals surface area contributed by atoms with Crippen molar-refractivity contribution in [3.63, 3.8) is 0 Å². The van der Waals surface area contributed by atoms with Gasteiger partial charge in [-0.2, -0.15) is 0 Å². The number of anilines is 1. The highest BCUT2D eigenvalue weighted by atomic mass is 35.5. The molecule has 0 aromatic heterocycles. The highest BCUT2D eigenvalue weighted by Gasteiger charge is 2.31. The largest absolute Gasteiger partial charge is 0.391 e. The van der Waals surface area contributed by atoms with E-state index >= 15 is 0 Å². The average Bonchev–Trinajstić information content (AvgIpc) is 3.17.